The van der Waals surface area contributed by atoms with E-state index >= 15 is 0 Å². The van der Waals surface area contributed by atoms with Crippen molar-refractivity contribution in [2.24, 2.45) is 5.92 Å². The van der Waals surface area contributed by atoms with E-state index < -0.39 is 0 Å². The minimum absolute atomic E-state index is 0. The summed E-state index contributed by atoms with van der Waals surface area (Å²) in [7, 11) is 0. The summed E-state index contributed by atoms with van der Waals surface area (Å²) < 4.78 is 0. The van der Waals surface area contributed by atoms with Gasteiger partial charge < -0.3 is 10.2 Å². The van der Waals surface area contributed by atoms with Crippen LogP contribution < -0.4 is 10.2 Å². The van der Waals surface area contributed by atoms with Gasteiger partial charge in [0.1, 0.15) is 0 Å². The molecule has 4 nitrogen and oxygen atoms in total. The van der Waals surface area contributed by atoms with Crippen molar-refractivity contribution in [1.82, 2.24) is 15.3 Å². The fourth-order valence-electron chi connectivity index (χ4n) is 3.81. The summed E-state index contributed by atoms with van der Waals surface area (Å²) in [5.41, 5.74) is 2.81. The number of benzene rings is 1. The Bertz CT molecular complexity index is 711. The van der Waals surface area contributed by atoms with E-state index in [9.17, 15) is 0 Å². The van der Waals surface area contributed by atoms with Crippen LogP contribution in [0.5, 0.6) is 0 Å². The van der Waals surface area contributed by atoms with Crippen molar-refractivity contribution >= 4 is 24.4 Å². The van der Waals surface area contributed by atoms with Gasteiger partial charge in [-0.1, -0.05) is 42.0 Å². The molecule has 0 bridgehead atoms. The molecule has 1 aliphatic carbocycles. The first-order valence-electron chi connectivity index (χ1n) is 9.31. The van der Waals surface area contributed by atoms with Crippen LogP contribution in [-0.4, -0.2) is 35.1 Å². The van der Waals surface area contributed by atoms with E-state index in [1.807, 2.05) is 18.5 Å². The number of rotatable bonds is 5. The second kappa shape index (κ2) is 8.65. The van der Waals surface area contributed by atoms with Gasteiger partial charge in [0.2, 0.25) is 5.95 Å². The molecule has 1 aliphatic heterocycles. The average Bonchev–Trinajstić information content (AvgIpc) is 3.43. The number of hydrogen-bond acceptors (Lipinski definition) is 4. The molecule has 1 saturated carbocycles. The van der Waals surface area contributed by atoms with Gasteiger partial charge in [-0.25, -0.2) is 9.97 Å². The van der Waals surface area contributed by atoms with Gasteiger partial charge in [0.25, 0.3) is 0 Å². The van der Waals surface area contributed by atoms with Crippen LogP contribution in [0.15, 0.2) is 54.4 Å². The van der Waals surface area contributed by atoms with Crippen LogP contribution in [0.1, 0.15) is 31.7 Å². The Kier molecular flexibility index (Phi) is 6.28. The lowest BCUT2D eigenvalue weighted by Gasteiger charge is -2.32. The van der Waals surface area contributed by atoms with Crippen LogP contribution in [0.25, 0.3) is 6.08 Å². The van der Waals surface area contributed by atoms with E-state index in [-0.39, 0.29) is 12.4 Å². The summed E-state index contributed by atoms with van der Waals surface area (Å²) in [4.78, 5) is 11.0. The zero-order valence-corrected chi connectivity index (χ0v) is 16.0. The monoisotopic (exact) mass is 370 g/mol. The number of piperidine rings is 1. The maximum absolute atomic E-state index is 4.36. The van der Waals surface area contributed by atoms with E-state index in [1.165, 1.54) is 30.4 Å². The van der Waals surface area contributed by atoms with E-state index in [0.29, 0.717) is 18.0 Å². The lowest BCUT2D eigenvalue weighted by molar-refractivity contribution is 0.405. The van der Waals surface area contributed by atoms with E-state index in [1.54, 1.807) is 0 Å². The largest absolute Gasteiger partial charge is 0.341 e. The second-order valence-corrected chi connectivity index (χ2v) is 7.22. The van der Waals surface area contributed by atoms with Gasteiger partial charge >= 0.3 is 0 Å². The first-order chi connectivity index (χ1) is 12.3. The van der Waals surface area contributed by atoms with Gasteiger partial charge in [0, 0.05) is 37.6 Å². The second-order valence-electron chi connectivity index (χ2n) is 7.22. The number of anilines is 1. The topological polar surface area (TPSA) is 41.0 Å². The summed E-state index contributed by atoms with van der Waals surface area (Å²) in [6.07, 6.45) is 9.59. The third-order valence-electron chi connectivity index (χ3n) is 5.35. The van der Waals surface area contributed by atoms with E-state index in [0.717, 1.165) is 19.0 Å². The third kappa shape index (κ3) is 4.63. The van der Waals surface area contributed by atoms with Crippen molar-refractivity contribution < 1.29 is 0 Å². The summed E-state index contributed by atoms with van der Waals surface area (Å²) in [6, 6.07) is 13.8. The molecule has 2 heterocycles. The lowest BCUT2D eigenvalue weighted by atomic mass is 10.0. The molecule has 4 rings (SSSR count). The van der Waals surface area contributed by atoms with Crippen molar-refractivity contribution in [3.05, 3.63) is 59.9 Å². The highest BCUT2D eigenvalue weighted by Gasteiger charge is 2.39. The van der Waals surface area contributed by atoms with Gasteiger partial charge in [-0.05, 0) is 43.7 Å². The van der Waals surface area contributed by atoms with Crippen LogP contribution in [-0.2, 0) is 0 Å². The van der Waals surface area contributed by atoms with Gasteiger partial charge in [0.15, 0.2) is 0 Å². The average molecular weight is 371 g/mol. The predicted molar refractivity (Wildman–Crippen MR) is 110 cm³/mol. The Balaban J connectivity index is 0.00000196. The van der Waals surface area contributed by atoms with Crippen LogP contribution in [0.2, 0.25) is 0 Å². The van der Waals surface area contributed by atoms with Crippen LogP contribution >= 0.6 is 12.4 Å². The predicted octanol–water partition coefficient (Wildman–Crippen LogP) is 3.95. The molecule has 2 fully saturated rings. The maximum atomic E-state index is 4.36. The SMILES string of the molecule is CC(=Cc1ccccc1)C1CC1NC1CCN(c2ncccn2)CC1.Cl. The maximum Gasteiger partial charge on any atom is 0.225 e. The molecular weight excluding hydrogens is 344 g/mol. The van der Waals surface area contributed by atoms with Crippen molar-refractivity contribution in [1.29, 1.82) is 0 Å². The Morgan fingerprint density at radius 3 is 2.46 bits per heavy atom. The molecule has 0 spiro atoms. The highest BCUT2D eigenvalue weighted by molar-refractivity contribution is 5.85. The van der Waals surface area contributed by atoms with Crippen molar-refractivity contribution in [3.8, 4) is 0 Å². The molecule has 1 aromatic carbocycles. The zero-order valence-electron chi connectivity index (χ0n) is 15.2. The highest BCUT2D eigenvalue weighted by atomic mass is 35.5. The summed E-state index contributed by atoms with van der Waals surface area (Å²) in [6.45, 7) is 4.35. The minimum Gasteiger partial charge on any atom is -0.341 e. The molecule has 0 amide bonds. The smallest absolute Gasteiger partial charge is 0.225 e. The van der Waals surface area contributed by atoms with Crippen molar-refractivity contribution in [3.63, 3.8) is 0 Å². The van der Waals surface area contributed by atoms with Crippen LogP contribution in [0.4, 0.5) is 5.95 Å². The molecule has 1 saturated heterocycles. The van der Waals surface area contributed by atoms with E-state index in [4.69, 9.17) is 0 Å². The Morgan fingerprint density at radius 1 is 1.08 bits per heavy atom. The van der Waals surface area contributed by atoms with Crippen molar-refractivity contribution in [2.45, 2.75) is 38.3 Å². The Morgan fingerprint density at radius 2 is 1.77 bits per heavy atom. The quantitative estimate of drug-likeness (QED) is 0.865. The molecule has 2 unspecified atom stereocenters. The Labute approximate surface area is 162 Å². The van der Waals surface area contributed by atoms with Gasteiger partial charge in [-0.3, -0.25) is 0 Å². The van der Waals surface area contributed by atoms with Gasteiger partial charge in [0.05, 0.1) is 0 Å². The normalized spacial score (nSPS) is 23.4. The number of nitrogens with one attached hydrogen (secondary N) is 1. The minimum atomic E-state index is 0. The fraction of sp³-hybridized carbons (Fsp3) is 0.429. The van der Waals surface area contributed by atoms with Gasteiger partial charge in [-0.15, -0.1) is 12.4 Å². The standard InChI is InChI=1S/C21H26N4.ClH/c1-16(14-17-6-3-2-4-7-17)19-15-20(19)24-18-8-12-25(13-9-18)21-22-10-5-11-23-21;/h2-7,10-11,14,18-20,24H,8-9,12-13,15H2,1H3;1H. The van der Waals surface area contributed by atoms with Gasteiger partial charge in [-0.2, -0.15) is 0 Å². The van der Waals surface area contributed by atoms with Crippen LogP contribution in [0, 0.1) is 5.92 Å². The van der Waals surface area contributed by atoms with Crippen molar-refractivity contribution in [2.75, 3.05) is 18.0 Å². The molecule has 1 N–H and O–H groups in total. The summed E-state index contributed by atoms with van der Waals surface area (Å²) in [5, 5.41) is 3.87. The molecule has 2 aromatic rings. The molecule has 26 heavy (non-hydrogen) atoms. The molecule has 138 valence electrons. The van der Waals surface area contributed by atoms with E-state index in [2.05, 4.69) is 63.5 Å². The molecule has 2 aliphatic rings. The molecule has 5 heteroatoms. The Hall–Kier alpha value is -1.91. The molecule has 2 atom stereocenters. The number of hydrogen-bond donors (Lipinski definition) is 1. The third-order valence-corrected chi connectivity index (χ3v) is 5.35. The number of nitrogens with zero attached hydrogens (tertiary/aromatic N) is 3. The molecule has 1 aromatic heterocycles. The molecule has 0 radical (unpaired) electrons. The van der Waals surface area contributed by atoms with Crippen LogP contribution in [0.3, 0.4) is 0 Å². The summed E-state index contributed by atoms with van der Waals surface area (Å²) in [5.74, 6) is 1.57. The first kappa shape index (κ1) is 18.9. The number of halogens is 1. The fourth-order valence-corrected chi connectivity index (χ4v) is 3.81. The molecular formula is C21H27ClN4. The summed E-state index contributed by atoms with van der Waals surface area (Å²) >= 11 is 0. The number of aromatic nitrogens is 2. The highest BCUT2D eigenvalue weighted by Crippen LogP contribution is 2.38. The zero-order chi connectivity index (χ0) is 17.1. The lowest BCUT2D eigenvalue weighted by Crippen LogP contribution is -2.44. The first-order valence-corrected chi connectivity index (χ1v) is 9.31.